The van der Waals surface area contributed by atoms with Gasteiger partial charge in [0.2, 0.25) is 0 Å². The summed E-state index contributed by atoms with van der Waals surface area (Å²) in [7, 11) is 0. The average molecular weight is 367 g/mol. The van der Waals surface area contributed by atoms with Crippen LogP contribution < -0.4 is 10.2 Å². The second-order valence-electron chi connectivity index (χ2n) is 6.85. The zero-order chi connectivity index (χ0) is 19.1. The third-order valence-electron chi connectivity index (χ3n) is 4.76. The second-order valence-corrected chi connectivity index (χ2v) is 6.85. The number of rotatable bonds is 8. The van der Waals surface area contributed by atoms with Crippen LogP contribution in [0.5, 0.6) is 5.75 Å². The van der Waals surface area contributed by atoms with Gasteiger partial charge in [0.1, 0.15) is 5.75 Å². The highest BCUT2D eigenvalue weighted by Crippen LogP contribution is 2.20. The number of ether oxygens (including phenoxy) is 1. The number of Topliss-reactive ketones (excluding diaryl/α,β-unsaturated/α-hetero) is 1. The van der Waals surface area contributed by atoms with Crippen LogP contribution in [-0.2, 0) is 0 Å². The summed E-state index contributed by atoms with van der Waals surface area (Å²) in [5.41, 5.74) is 4.22. The van der Waals surface area contributed by atoms with E-state index in [0.717, 1.165) is 38.1 Å². The number of hydrogen-bond donors (Lipinski definition) is 1. The molecule has 2 aromatic rings. The second kappa shape index (κ2) is 9.28. The standard InChI is InChI=1S/C21H25N3O3/c1-16(25)18-6-8-20(9-7-18)27-13-3-4-17-10-12-24(15-17)23-21(26)19-5-2-11-22-14-19/h2,5-9,11,14,17H,3-4,10,12-13,15H2,1H3,(H,23,26)/t17-/m1/s1. The number of pyridine rings is 1. The normalized spacial score (nSPS) is 16.9. The van der Waals surface area contributed by atoms with E-state index in [2.05, 4.69) is 10.4 Å². The summed E-state index contributed by atoms with van der Waals surface area (Å²) in [5, 5.41) is 1.99. The van der Waals surface area contributed by atoms with E-state index in [1.54, 1.807) is 43.6 Å². The number of amides is 1. The number of hydrazine groups is 1. The Labute approximate surface area is 159 Å². The van der Waals surface area contributed by atoms with Crippen LogP contribution in [0.1, 0.15) is 46.9 Å². The van der Waals surface area contributed by atoms with E-state index < -0.39 is 0 Å². The maximum absolute atomic E-state index is 12.2. The Morgan fingerprint density at radius 3 is 2.74 bits per heavy atom. The fraction of sp³-hybridized carbons (Fsp3) is 0.381. The van der Waals surface area contributed by atoms with E-state index in [1.807, 2.05) is 17.1 Å². The fourth-order valence-electron chi connectivity index (χ4n) is 3.22. The minimum absolute atomic E-state index is 0.0583. The number of carbonyl (C=O) groups excluding carboxylic acids is 2. The SMILES string of the molecule is CC(=O)c1ccc(OCCC[C@@H]2CCN(NC(=O)c3cccnc3)C2)cc1. The molecule has 3 rings (SSSR count). The molecule has 1 atom stereocenters. The molecule has 6 heteroatoms. The van der Waals surface area contributed by atoms with Gasteiger partial charge in [0.05, 0.1) is 12.2 Å². The number of nitrogens with zero attached hydrogens (tertiary/aromatic N) is 2. The third kappa shape index (κ3) is 5.62. The van der Waals surface area contributed by atoms with E-state index in [-0.39, 0.29) is 11.7 Å². The van der Waals surface area contributed by atoms with E-state index in [0.29, 0.717) is 23.7 Å². The summed E-state index contributed by atoms with van der Waals surface area (Å²) < 4.78 is 5.75. The van der Waals surface area contributed by atoms with Crippen molar-refractivity contribution in [2.75, 3.05) is 19.7 Å². The Kier molecular flexibility index (Phi) is 6.54. The van der Waals surface area contributed by atoms with Crippen molar-refractivity contribution in [2.24, 2.45) is 5.92 Å². The molecule has 142 valence electrons. The molecular formula is C21H25N3O3. The predicted molar refractivity (Wildman–Crippen MR) is 103 cm³/mol. The van der Waals surface area contributed by atoms with Gasteiger partial charge in [-0.3, -0.25) is 20.0 Å². The molecule has 1 saturated heterocycles. The molecule has 0 aliphatic carbocycles. The summed E-state index contributed by atoms with van der Waals surface area (Å²) in [4.78, 5) is 27.4. The maximum Gasteiger partial charge on any atom is 0.267 e. The molecular weight excluding hydrogens is 342 g/mol. The quantitative estimate of drug-likeness (QED) is 0.573. The summed E-state index contributed by atoms with van der Waals surface area (Å²) in [6, 6.07) is 10.8. The summed E-state index contributed by atoms with van der Waals surface area (Å²) in [6.45, 7) is 3.93. The molecule has 0 bridgehead atoms. The first kappa shape index (κ1) is 19.0. The lowest BCUT2D eigenvalue weighted by atomic mass is 10.0. The van der Waals surface area contributed by atoms with Crippen molar-refractivity contribution in [1.82, 2.24) is 15.4 Å². The van der Waals surface area contributed by atoms with Crippen LogP contribution in [0.2, 0.25) is 0 Å². The van der Waals surface area contributed by atoms with Gasteiger partial charge in [-0.2, -0.15) is 0 Å². The minimum Gasteiger partial charge on any atom is -0.494 e. The maximum atomic E-state index is 12.2. The van der Waals surface area contributed by atoms with Gasteiger partial charge in [-0.05, 0) is 68.5 Å². The van der Waals surface area contributed by atoms with Crippen LogP contribution in [0, 0.1) is 5.92 Å². The monoisotopic (exact) mass is 367 g/mol. The summed E-state index contributed by atoms with van der Waals surface area (Å²) >= 11 is 0. The molecule has 1 aromatic heterocycles. The lowest BCUT2D eigenvalue weighted by Crippen LogP contribution is -2.40. The summed E-state index contributed by atoms with van der Waals surface area (Å²) in [5.74, 6) is 1.30. The highest BCUT2D eigenvalue weighted by molar-refractivity contribution is 5.94. The minimum atomic E-state index is -0.110. The lowest BCUT2D eigenvalue weighted by Gasteiger charge is -2.17. The fourth-order valence-corrected chi connectivity index (χ4v) is 3.22. The molecule has 1 N–H and O–H groups in total. The van der Waals surface area contributed by atoms with Crippen LogP contribution in [0.3, 0.4) is 0 Å². The van der Waals surface area contributed by atoms with Crippen LogP contribution in [0.25, 0.3) is 0 Å². The van der Waals surface area contributed by atoms with Crippen LogP contribution in [0.4, 0.5) is 0 Å². The number of ketones is 1. The molecule has 2 heterocycles. The Hall–Kier alpha value is -2.73. The molecule has 0 saturated carbocycles. The highest BCUT2D eigenvalue weighted by Gasteiger charge is 2.23. The topological polar surface area (TPSA) is 71.5 Å². The molecule has 0 radical (unpaired) electrons. The Bertz CT molecular complexity index is 762. The Morgan fingerprint density at radius 2 is 2.04 bits per heavy atom. The first-order valence-electron chi connectivity index (χ1n) is 9.31. The molecule has 6 nitrogen and oxygen atoms in total. The van der Waals surface area contributed by atoms with Crippen LogP contribution >= 0.6 is 0 Å². The van der Waals surface area contributed by atoms with Gasteiger partial charge in [0.25, 0.3) is 5.91 Å². The highest BCUT2D eigenvalue weighted by atomic mass is 16.5. The first-order valence-corrected chi connectivity index (χ1v) is 9.31. The van der Waals surface area contributed by atoms with Crippen molar-refractivity contribution in [2.45, 2.75) is 26.2 Å². The predicted octanol–water partition coefficient (Wildman–Crippen LogP) is 3.11. The van der Waals surface area contributed by atoms with Crippen molar-refractivity contribution < 1.29 is 14.3 Å². The van der Waals surface area contributed by atoms with Gasteiger partial charge in [0, 0.05) is 31.0 Å². The van der Waals surface area contributed by atoms with Gasteiger partial charge in [0.15, 0.2) is 5.78 Å². The van der Waals surface area contributed by atoms with Crippen molar-refractivity contribution in [3.63, 3.8) is 0 Å². The van der Waals surface area contributed by atoms with Crippen LogP contribution in [-0.4, -0.2) is 41.4 Å². The van der Waals surface area contributed by atoms with Crippen molar-refractivity contribution in [3.8, 4) is 5.75 Å². The van der Waals surface area contributed by atoms with E-state index in [9.17, 15) is 9.59 Å². The number of nitrogens with one attached hydrogen (secondary N) is 1. The van der Waals surface area contributed by atoms with E-state index in [4.69, 9.17) is 4.74 Å². The number of aromatic nitrogens is 1. The average Bonchev–Trinajstić information content (AvgIpc) is 3.13. The molecule has 0 unspecified atom stereocenters. The molecule has 1 amide bonds. The Morgan fingerprint density at radius 1 is 1.22 bits per heavy atom. The van der Waals surface area contributed by atoms with E-state index in [1.165, 1.54) is 0 Å². The number of benzene rings is 1. The third-order valence-corrected chi connectivity index (χ3v) is 4.76. The van der Waals surface area contributed by atoms with Gasteiger partial charge in [-0.1, -0.05) is 0 Å². The number of hydrogen-bond acceptors (Lipinski definition) is 5. The first-order chi connectivity index (χ1) is 13.1. The zero-order valence-corrected chi connectivity index (χ0v) is 15.6. The zero-order valence-electron chi connectivity index (χ0n) is 15.6. The van der Waals surface area contributed by atoms with E-state index >= 15 is 0 Å². The molecule has 0 spiro atoms. The molecule has 1 aliphatic rings. The smallest absolute Gasteiger partial charge is 0.267 e. The van der Waals surface area contributed by atoms with Crippen LogP contribution in [0.15, 0.2) is 48.8 Å². The van der Waals surface area contributed by atoms with Gasteiger partial charge < -0.3 is 4.74 Å². The molecule has 1 aliphatic heterocycles. The van der Waals surface area contributed by atoms with Gasteiger partial charge in [-0.25, -0.2) is 5.01 Å². The van der Waals surface area contributed by atoms with Crippen molar-refractivity contribution >= 4 is 11.7 Å². The molecule has 27 heavy (non-hydrogen) atoms. The van der Waals surface area contributed by atoms with Crippen molar-refractivity contribution in [3.05, 3.63) is 59.9 Å². The van der Waals surface area contributed by atoms with Crippen molar-refractivity contribution in [1.29, 1.82) is 0 Å². The largest absolute Gasteiger partial charge is 0.494 e. The molecule has 1 fully saturated rings. The van der Waals surface area contributed by atoms with Gasteiger partial charge in [-0.15, -0.1) is 0 Å². The lowest BCUT2D eigenvalue weighted by molar-refractivity contribution is 0.0819. The molecule has 1 aromatic carbocycles. The Balaban J connectivity index is 1.34. The van der Waals surface area contributed by atoms with Gasteiger partial charge >= 0.3 is 0 Å². The number of carbonyl (C=O) groups is 2. The summed E-state index contributed by atoms with van der Waals surface area (Å²) in [6.07, 6.45) is 6.32.